The van der Waals surface area contributed by atoms with E-state index in [9.17, 15) is 19.7 Å². The van der Waals surface area contributed by atoms with Crippen LogP contribution in [0.2, 0.25) is 0 Å². The summed E-state index contributed by atoms with van der Waals surface area (Å²) in [5.41, 5.74) is 11.4. The number of nitrogens with one attached hydrogen (secondary N) is 2. The van der Waals surface area contributed by atoms with Crippen LogP contribution in [0.1, 0.15) is 33.6 Å². The van der Waals surface area contributed by atoms with Crippen molar-refractivity contribution in [3.63, 3.8) is 0 Å². The summed E-state index contributed by atoms with van der Waals surface area (Å²) in [5.74, 6) is -1.06. The quantitative estimate of drug-likeness (QED) is 0.157. The summed E-state index contributed by atoms with van der Waals surface area (Å²) in [6, 6.07) is -0.922. The zero-order chi connectivity index (χ0) is 17.3. The highest BCUT2D eigenvalue weighted by Crippen LogP contribution is 2.07. The number of nitrogens with zero attached hydrogens (tertiary/aromatic N) is 2. The van der Waals surface area contributed by atoms with Crippen molar-refractivity contribution in [2.24, 2.45) is 16.5 Å². The molecule has 11 nitrogen and oxygen atoms in total. The van der Waals surface area contributed by atoms with Crippen LogP contribution in [0, 0.1) is 10.1 Å². The summed E-state index contributed by atoms with van der Waals surface area (Å²) >= 11 is 0. The van der Waals surface area contributed by atoms with Crippen molar-refractivity contribution in [2.45, 2.75) is 45.3 Å². The number of hydrogen-bond donors (Lipinski definition) is 4. The number of hydrogen-bond acceptors (Lipinski definition) is 6. The molecule has 0 bridgehead atoms. The van der Waals surface area contributed by atoms with Crippen LogP contribution in [0.4, 0.5) is 4.79 Å². The first-order valence-electron chi connectivity index (χ1n) is 6.51. The average Bonchev–Trinajstić information content (AvgIpc) is 2.29. The maximum atomic E-state index is 11.6. The monoisotopic (exact) mass is 318 g/mol. The first-order valence-corrected chi connectivity index (χ1v) is 6.51. The Morgan fingerprint density at radius 1 is 1.36 bits per heavy atom. The minimum atomic E-state index is -0.922. The smallest absolute Gasteiger partial charge is 0.408 e. The molecule has 0 radical (unpaired) electrons. The zero-order valence-corrected chi connectivity index (χ0v) is 12.8. The van der Waals surface area contributed by atoms with Gasteiger partial charge in [-0.05, 0) is 33.6 Å². The van der Waals surface area contributed by atoms with Gasteiger partial charge in [-0.25, -0.2) is 19.9 Å². The van der Waals surface area contributed by atoms with Crippen molar-refractivity contribution in [1.29, 1.82) is 0 Å². The maximum absolute atomic E-state index is 11.6. The molecule has 0 rings (SSSR count). The molecule has 0 aromatic carbocycles. The second-order valence-corrected chi connectivity index (χ2v) is 5.38. The van der Waals surface area contributed by atoms with Crippen molar-refractivity contribution in [3.8, 4) is 0 Å². The number of primary amides is 1. The van der Waals surface area contributed by atoms with Crippen molar-refractivity contribution in [2.75, 3.05) is 6.54 Å². The Kier molecular flexibility index (Phi) is 7.63. The fourth-order valence-corrected chi connectivity index (χ4v) is 1.36. The molecule has 0 spiro atoms. The van der Waals surface area contributed by atoms with Gasteiger partial charge in [0.2, 0.25) is 5.91 Å². The van der Waals surface area contributed by atoms with Crippen LogP contribution in [0.5, 0.6) is 0 Å². The highest BCUT2D eigenvalue weighted by Gasteiger charge is 2.22. The Morgan fingerprint density at radius 3 is 2.41 bits per heavy atom. The number of alkyl carbamates (subject to hydrolysis) is 1. The lowest BCUT2D eigenvalue weighted by molar-refractivity contribution is -0.525. The highest BCUT2D eigenvalue weighted by atomic mass is 16.7. The molecule has 0 aromatic rings. The topological polar surface area (TPSA) is 175 Å². The van der Waals surface area contributed by atoms with Crippen LogP contribution in [-0.4, -0.2) is 41.2 Å². The molecule has 6 N–H and O–H groups in total. The number of guanidine groups is 1. The van der Waals surface area contributed by atoms with E-state index in [1.807, 2.05) is 0 Å². The molecule has 0 fully saturated rings. The number of ether oxygens (including phenoxy) is 1. The third-order valence-corrected chi connectivity index (χ3v) is 2.17. The lowest BCUT2D eigenvalue weighted by Gasteiger charge is -2.22. The lowest BCUT2D eigenvalue weighted by atomic mass is 10.1. The van der Waals surface area contributed by atoms with Gasteiger partial charge in [-0.3, -0.25) is 4.79 Å². The standard InChI is InChI=1S/C11H22N6O5/c1-11(2,3)22-10(19)15-7(8(12)18)5-4-6-14-9(13)16-17(20)21/h7H,4-6H2,1-3H3,(H2,12,18)(H,15,19)(H3,13,14,16)/t7-/m1/s1. The second kappa shape index (κ2) is 8.64. The first-order chi connectivity index (χ1) is 10.0. The van der Waals surface area contributed by atoms with Crippen LogP contribution in [0.3, 0.4) is 0 Å². The van der Waals surface area contributed by atoms with E-state index in [1.54, 1.807) is 26.2 Å². The van der Waals surface area contributed by atoms with Crippen LogP contribution >= 0.6 is 0 Å². The Labute approximate surface area is 127 Å². The summed E-state index contributed by atoms with van der Waals surface area (Å²) in [4.78, 5) is 36.6. The van der Waals surface area contributed by atoms with Crippen LogP contribution in [-0.2, 0) is 9.53 Å². The molecule has 0 unspecified atom stereocenters. The third kappa shape index (κ3) is 10.2. The fraction of sp³-hybridized carbons (Fsp3) is 0.727. The summed E-state index contributed by atoms with van der Waals surface area (Å²) in [6.07, 6.45) is -0.220. The number of nitro groups is 1. The van der Waals surface area contributed by atoms with Crippen LogP contribution in [0.25, 0.3) is 0 Å². The Bertz CT molecular complexity index is 445. The minimum Gasteiger partial charge on any atom is -0.444 e. The lowest BCUT2D eigenvalue weighted by Crippen LogP contribution is -2.46. The maximum Gasteiger partial charge on any atom is 0.408 e. The van der Waals surface area contributed by atoms with Gasteiger partial charge in [0.1, 0.15) is 11.6 Å². The number of aliphatic imine (C=N–C) groups is 1. The Morgan fingerprint density at radius 2 is 1.95 bits per heavy atom. The van der Waals surface area contributed by atoms with Gasteiger partial charge in [0.05, 0.1) is 0 Å². The molecule has 0 aliphatic carbocycles. The van der Waals surface area contributed by atoms with E-state index in [1.165, 1.54) is 0 Å². The molecule has 22 heavy (non-hydrogen) atoms. The van der Waals surface area contributed by atoms with E-state index in [2.05, 4.69) is 10.3 Å². The van der Waals surface area contributed by atoms with Gasteiger partial charge in [-0.15, -0.1) is 0 Å². The molecule has 0 aromatic heterocycles. The number of carbonyl (C=O) groups is 2. The molecule has 2 amide bonds. The predicted octanol–water partition coefficient (Wildman–Crippen LogP) is -0.759. The second-order valence-electron chi connectivity index (χ2n) is 5.38. The molecule has 11 heteroatoms. The molecular formula is C11H22N6O5. The third-order valence-electron chi connectivity index (χ3n) is 2.17. The Balaban J connectivity index is 4.29. The van der Waals surface area contributed by atoms with Gasteiger partial charge in [0, 0.05) is 6.54 Å². The number of carbonyl (C=O) groups excluding carboxylic acids is 2. The SMILES string of the molecule is CC(C)(C)OC(=O)N[C@H](CCCN=C(N)N[N+](=O)[O-])C(N)=O. The average molecular weight is 318 g/mol. The van der Waals surface area contributed by atoms with Gasteiger partial charge in [0.15, 0.2) is 5.03 Å². The molecule has 0 saturated carbocycles. The van der Waals surface area contributed by atoms with Gasteiger partial charge in [-0.2, -0.15) is 0 Å². The fourth-order valence-electron chi connectivity index (χ4n) is 1.36. The number of rotatable bonds is 7. The molecule has 0 heterocycles. The van der Waals surface area contributed by atoms with Crippen molar-refractivity contribution < 1.29 is 19.4 Å². The van der Waals surface area contributed by atoms with Gasteiger partial charge in [-0.1, -0.05) is 5.43 Å². The normalized spacial score (nSPS) is 13.1. The zero-order valence-electron chi connectivity index (χ0n) is 12.8. The number of nitrogens with two attached hydrogens (primary N) is 2. The summed E-state index contributed by atoms with van der Waals surface area (Å²) < 4.78 is 5.02. The van der Waals surface area contributed by atoms with E-state index < -0.39 is 28.7 Å². The summed E-state index contributed by atoms with van der Waals surface area (Å²) in [7, 11) is 0. The highest BCUT2D eigenvalue weighted by molar-refractivity contribution is 5.84. The van der Waals surface area contributed by atoms with Gasteiger partial charge < -0.3 is 21.5 Å². The summed E-state index contributed by atoms with van der Waals surface area (Å²) in [5, 5.41) is 11.6. The van der Waals surface area contributed by atoms with E-state index >= 15 is 0 Å². The molecule has 126 valence electrons. The van der Waals surface area contributed by atoms with E-state index in [4.69, 9.17) is 16.2 Å². The van der Waals surface area contributed by atoms with Gasteiger partial charge in [0.25, 0.3) is 5.96 Å². The molecule has 0 saturated heterocycles. The molecule has 0 aliphatic heterocycles. The molecule has 1 atom stereocenters. The Hall–Kier alpha value is -2.59. The summed E-state index contributed by atoms with van der Waals surface area (Å²) in [6.45, 7) is 5.19. The van der Waals surface area contributed by atoms with E-state index in [-0.39, 0.29) is 18.9 Å². The van der Waals surface area contributed by atoms with Crippen LogP contribution in [0.15, 0.2) is 4.99 Å². The largest absolute Gasteiger partial charge is 0.444 e. The molecular weight excluding hydrogens is 296 g/mol. The van der Waals surface area contributed by atoms with Crippen molar-refractivity contribution in [3.05, 3.63) is 10.1 Å². The van der Waals surface area contributed by atoms with Crippen molar-refractivity contribution >= 4 is 18.0 Å². The molecule has 0 aliphatic rings. The number of amides is 2. The minimum absolute atomic E-state index is 0.131. The predicted molar refractivity (Wildman–Crippen MR) is 78.2 cm³/mol. The van der Waals surface area contributed by atoms with E-state index in [0.29, 0.717) is 6.42 Å². The number of hydrazine groups is 1. The van der Waals surface area contributed by atoms with Crippen LogP contribution < -0.4 is 22.2 Å². The van der Waals surface area contributed by atoms with Crippen molar-refractivity contribution in [1.82, 2.24) is 10.7 Å². The first kappa shape index (κ1) is 19.4. The van der Waals surface area contributed by atoms with Gasteiger partial charge >= 0.3 is 6.09 Å². The van der Waals surface area contributed by atoms with E-state index in [0.717, 1.165) is 0 Å².